The highest BCUT2D eigenvalue weighted by Gasteiger charge is 2.04. The SMILES string of the molecule is COCC(O)Cn1cc(C)cn1. The molecule has 0 saturated carbocycles. The van der Waals surface area contributed by atoms with Gasteiger partial charge >= 0.3 is 0 Å². The van der Waals surface area contributed by atoms with Crippen molar-refractivity contribution in [3.8, 4) is 0 Å². The van der Waals surface area contributed by atoms with Gasteiger partial charge in [-0.15, -0.1) is 0 Å². The van der Waals surface area contributed by atoms with E-state index < -0.39 is 6.10 Å². The van der Waals surface area contributed by atoms with Crippen LogP contribution in [-0.2, 0) is 11.3 Å². The van der Waals surface area contributed by atoms with Gasteiger partial charge in [0.25, 0.3) is 0 Å². The Hall–Kier alpha value is -0.870. The molecule has 1 aromatic heterocycles. The zero-order valence-electron chi connectivity index (χ0n) is 7.40. The van der Waals surface area contributed by atoms with Gasteiger partial charge in [-0.1, -0.05) is 0 Å². The smallest absolute Gasteiger partial charge is 0.0968 e. The second-order valence-corrected chi connectivity index (χ2v) is 2.85. The number of hydrogen-bond acceptors (Lipinski definition) is 3. The summed E-state index contributed by atoms with van der Waals surface area (Å²) in [5.74, 6) is 0. The summed E-state index contributed by atoms with van der Waals surface area (Å²) in [6.45, 7) is 2.80. The van der Waals surface area contributed by atoms with Crippen LogP contribution in [0.3, 0.4) is 0 Å². The lowest BCUT2D eigenvalue weighted by atomic mass is 10.4. The Kier molecular flexibility index (Phi) is 3.25. The fourth-order valence-electron chi connectivity index (χ4n) is 1.03. The van der Waals surface area contributed by atoms with Gasteiger partial charge in [-0.3, -0.25) is 4.68 Å². The minimum atomic E-state index is -0.478. The molecule has 0 fully saturated rings. The van der Waals surface area contributed by atoms with Crippen LogP contribution in [0.4, 0.5) is 0 Å². The number of ether oxygens (including phenoxy) is 1. The molecule has 1 heterocycles. The molecule has 4 heteroatoms. The van der Waals surface area contributed by atoms with Gasteiger partial charge in [0.15, 0.2) is 0 Å². The van der Waals surface area contributed by atoms with Crippen LogP contribution in [-0.4, -0.2) is 34.7 Å². The molecule has 4 nitrogen and oxygen atoms in total. The zero-order valence-corrected chi connectivity index (χ0v) is 7.40. The molecule has 0 bridgehead atoms. The highest BCUT2D eigenvalue weighted by Crippen LogP contribution is 1.96. The summed E-state index contributed by atoms with van der Waals surface area (Å²) in [6.07, 6.45) is 3.17. The molecular weight excluding hydrogens is 156 g/mol. The van der Waals surface area contributed by atoms with Gasteiger partial charge in [0, 0.05) is 13.3 Å². The van der Waals surface area contributed by atoms with Crippen LogP contribution in [0, 0.1) is 6.92 Å². The Labute approximate surface area is 71.8 Å². The van der Waals surface area contributed by atoms with E-state index in [2.05, 4.69) is 5.10 Å². The predicted octanol–water partition coefficient (Wildman–Crippen LogP) is 0.199. The summed E-state index contributed by atoms with van der Waals surface area (Å²) >= 11 is 0. The number of aromatic nitrogens is 2. The van der Waals surface area contributed by atoms with Crippen molar-refractivity contribution in [2.24, 2.45) is 0 Å². The van der Waals surface area contributed by atoms with E-state index in [-0.39, 0.29) is 0 Å². The Morgan fingerprint density at radius 2 is 2.50 bits per heavy atom. The normalized spacial score (nSPS) is 13.2. The lowest BCUT2D eigenvalue weighted by Gasteiger charge is -2.08. The first-order valence-corrected chi connectivity index (χ1v) is 3.88. The summed E-state index contributed by atoms with van der Waals surface area (Å²) in [4.78, 5) is 0. The van der Waals surface area contributed by atoms with Crippen molar-refractivity contribution in [2.75, 3.05) is 13.7 Å². The maximum atomic E-state index is 9.33. The number of aliphatic hydroxyl groups excluding tert-OH is 1. The largest absolute Gasteiger partial charge is 0.389 e. The third-order valence-corrected chi connectivity index (χ3v) is 1.52. The first kappa shape index (κ1) is 9.22. The van der Waals surface area contributed by atoms with Gasteiger partial charge in [-0.2, -0.15) is 5.10 Å². The number of rotatable bonds is 4. The van der Waals surface area contributed by atoms with E-state index in [1.54, 1.807) is 18.0 Å². The van der Waals surface area contributed by atoms with Gasteiger partial charge in [-0.25, -0.2) is 0 Å². The summed E-state index contributed by atoms with van der Waals surface area (Å²) < 4.78 is 6.50. The number of hydrogen-bond donors (Lipinski definition) is 1. The lowest BCUT2D eigenvalue weighted by molar-refractivity contribution is 0.0514. The van der Waals surface area contributed by atoms with Gasteiger partial charge in [0.05, 0.1) is 25.5 Å². The molecule has 1 rings (SSSR count). The molecule has 1 unspecified atom stereocenters. The Balaban J connectivity index is 2.41. The summed E-state index contributed by atoms with van der Waals surface area (Å²) in [7, 11) is 1.57. The van der Waals surface area contributed by atoms with Crippen LogP contribution < -0.4 is 0 Å². The van der Waals surface area contributed by atoms with Crippen LogP contribution in [0.1, 0.15) is 5.56 Å². The van der Waals surface area contributed by atoms with E-state index in [4.69, 9.17) is 4.74 Å². The van der Waals surface area contributed by atoms with Crippen molar-refractivity contribution in [1.29, 1.82) is 0 Å². The average Bonchev–Trinajstić information content (AvgIpc) is 2.36. The van der Waals surface area contributed by atoms with Gasteiger partial charge in [0.2, 0.25) is 0 Å². The molecule has 0 radical (unpaired) electrons. The third-order valence-electron chi connectivity index (χ3n) is 1.52. The molecular formula is C8H14N2O2. The second kappa shape index (κ2) is 4.23. The predicted molar refractivity (Wildman–Crippen MR) is 44.8 cm³/mol. The van der Waals surface area contributed by atoms with E-state index >= 15 is 0 Å². The van der Waals surface area contributed by atoms with E-state index in [1.165, 1.54) is 0 Å². The highest BCUT2D eigenvalue weighted by atomic mass is 16.5. The molecule has 1 aromatic rings. The standard InChI is InChI=1S/C8H14N2O2/c1-7-3-9-10(4-7)5-8(11)6-12-2/h3-4,8,11H,5-6H2,1-2H3. The fraction of sp³-hybridized carbons (Fsp3) is 0.625. The Morgan fingerprint density at radius 3 is 3.00 bits per heavy atom. The number of methoxy groups -OCH3 is 1. The van der Waals surface area contributed by atoms with Crippen molar-refractivity contribution in [2.45, 2.75) is 19.6 Å². The molecule has 0 spiro atoms. The molecule has 1 atom stereocenters. The fourth-order valence-corrected chi connectivity index (χ4v) is 1.03. The molecule has 1 N–H and O–H groups in total. The van der Waals surface area contributed by atoms with Crippen molar-refractivity contribution < 1.29 is 9.84 Å². The number of aliphatic hydroxyl groups is 1. The Morgan fingerprint density at radius 1 is 1.75 bits per heavy atom. The molecule has 0 aliphatic rings. The molecule has 0 amide bonds. The van der Waals surface area contributed by atoms with E-state index in [0.717, 1.165) is 5.56 Å². The van der Waals surface area contributed by atoms with Gasteiger partial charge < -0.3 is 9.84 Å². The maximum Gasteiger partial charge on any atom is 0.0968 e. The van der Waals surface area contributed by atoms with Gasteiger partial charge in [-0.05, 0) is 12.5 Å². The van der Waals surface area contributed by atoms with Crippen molar-refractivity contribution in [1.82, 2.24) is 9.78 Å². The molecule has 0 saturated heterocycles. The number of aryl methyl sites for hydroxylation is 1. The average molecular weight is 170 g/mol. The topological polar surface area (TPSA) is 47.3 Å². The van der Waals surface area contributed by atoms with Crippen LogP contribution in [0.25, 0.3) is 0 Å². The number of nitrogens with zero attached hydrogens (tertiary/aromatic N) is 2. The maximum absolute atomic E-state index is 9.33. The van der Waals surface area contributed by atoms with Crippen LogP contribution in [0.15, 0.2) is 12.4 Å². The van der Waals surface area contributed by atoms with Crippen molar-refractivity contribution in [3.63, 3.8) is 0 Å². The quantitative estimate of drug-likeness (QED) is 0.702. The lowest BCUT2D eigenvalue weighted by Crippen LogP contribution is -2.21. The molecule has 0 aromatic carbocycles. The second-order valence-electron chi connectivity index (χ2n) is 2.85. The van der Waals surface area contributed by atoms with Crippen LogP contribution in [0.5, 0.6) is 0 Å². The minimum Gasteiger partial charge on any atom is -0.389 e. The summed E-state index contributed by atoms with van der Waals surface area (Å²) in [6, 6.07) is 0. The van der Waals surface area contributed by atoms with E-state index in [0.29, 0.717) is 13.2 Å². The summed E-state index contributed by atoms with van der Waals surface area (Å²) in [5.41, 5.74) is 1.10. The first-order chi connectivity index (χ1) is 5.72. The van der Waals surface area contributed by atoms with E-state index in [1.807, 2.05) is 13.1 Å². The molecule has 68 valence electrons. The molecule has 0 aliphatic carbocycles. The van der Waals surface area contributed by atoms with Crippen LogP contribution in [0.2, 0.25) is 0 Å². The molecule has 12 heavy (non-hydrogen) atoms. The van der Waals surface area contributed by atoms with Gasteiger partial charge in [0.1, 0.15) is 0 Å². The van der Waals surface area contributed by atoms with E-state index in [9.17, 15) is 5.11 Å². The van der Waals surface area contributed by atoms with Crippen LogP contribution >= 0.6 is 0 Å². The summed E-state index contributed by atoms with van der Waals surface area (Å²) in [5, 5.41) is 13.4. The van der Waals surface area contributed by atoms with Crippen molar-refractivity contribution in [3.05, 3.63) is 18.0 Å². The zero-order chi connectivity index (χ0) is 8.97. The molecule has 0 aliphatic heterocycles. The van der Waals surface area contributed by atoms with Crippen molar-refractivity contribution >= 4 is 0 Å². The Bertz CT molecular complexity index is 235. The first-order valence-electron chi connectivity index (χ1n) is 3.88. The highest BCUT2D eigenvalue weighted by molar-refractivity contribution is 4.99. The monoisotopic (exact) mass is 170 g/mol. The minimum absolute atomic E-state index is 0.346. The third kappa shape index (κ3) is 2.64.